The Hall–Kier alpha value is -1.05. The van der Waals surface area contributed by atoms with E-state index in [1.54, 1.807) is 17.4 Å². The van der Waals surface area contributed by atoms with E-state index >= 15 is 0 Å². The number of hydrogen-bond acceptors (Lipinski definition) is 3. The van der Waals surface area contributed by atoms with Crippen molar-refractivity contribution in [2.45, 2.75) is 13.0 Å². The van der Waals surface area contributed by atoms with Crippen LogP contribution in [0.2, 0.25) is 10.0 Å². The second kappa shape index (κ2) is 6.93. The first-order chi connectivity index (χ1) is 9.19. The minimum absolute atomic E-state index is 0.657. The van der Waals surface area contributed by atoms with Crippen LogP contribution in [-0.2, 0) is 13.0 Å². The Labute approximate surface area is 126 Å². The molecule has 0 fully saturated rings. The van der Waals surface area contributed by atoms with Crippen LogP contribution in [0, 0.1) is 11.3 Å². The van der Waals surface area contributed by atoms with Crippen molar-refractivity contribution in [3.05, 3.63) is 55.7 Å². The maximum Gasteiger partial charge on any atom is 0.100 e. The summed E-state index contributed by atoms with van der Waals surface area (Å²) in [5, 5.41) is 15.3. The molecule has 5 heteroatoms. The lowest BCUT2D eigenvalue weighted by Gasteiger charge is -2.06. The highest BCUT2D eigenvalue weighted by Gasteiger charge is 2.02. The van der Waals surface area contributed by atoms with E-state index in [0.29, 0.717) is 10.0 Å². The van der Waals surface area contributed by atoms with Gasteiger partial charge in [0, 0.05) is 26.8 Å². The average Bonchev–Trinajstić information content (AvgIpc) is 2.84. The molecule has 1 N–H and O–H groups in total. The van der Waals surface area contributed by atoms with E-state index in [2.05, 4.69) is 11.4 Å². The Morgan fingerprint density at radius 2 is 2.11 bits per heavy atom. The highest BCUT2D eigenvalue weighted by Crippen LogP contribution is 2.21. The minimum Gasteiger partial charge on any atom is -0.312 e. The number of nitrogens with zero attached hydrogens (tertiary/aromatic N) is 1. The lowest BCUT2D eigenvalue weighted by molar-refractivity contribution is 0.693. The Balaban J connectivity index is 1.79. The number of benzene rings is 1. The van der Waals surface area contributed by atoms with Crippen molar-refractivity contribution in [3.63, 3.8) is 0 Å². The number of thiophene rings is 1. The van der Waals surface area contributed by atoms with Gasteiger partial charge in [0.15, 0.2) is 0 Å². The molecule has 1 heterocycles. The molecule has 2 rings (SSSR count). The predicted octanol–water partition coefficient (Wildman–Crippen LogP) is 4.26. The smallest absolute Gasteiger partial charge is 0.100 e. The molecule has 1 aromatic heterocycles. The number of nitriles is 1. The monoisotopic (exact) mass is 310 g/mol. The Morgan fingerprint density at radius 1 is 1.26 bits per heavy atom. The third-order valence-corrected chi connectivity index (χ3v) is 4.19. The Kier molecular flexibility index (Phi) is 5.24. The highest BCUT2D eigenvalue weighted by atomic mass is 35.5. The van der Waals surface area contributed by atoms with E-state index in [1.165, 1.54) is 4.88 Å². The van der Waals surface area contributed by atoms with Gasteiger partial charge in [0.2, 0.25) is 0 Å². The molecule has 2 nitrogen and oxygen atoms in total. The number of halogens is 2. The molecule has 1 aromatic carbocycles. The molecule has 0 radical (unpaired) electrons. The highest BCUT2D eigenvalue weighted by molar-refractivity contribution is 7.10. The molecule has 0 atom stereocenters. The third-order valence-electron chi connectivity index (χ3n) is 2.67. The van der Waals surface area contributed by atoms with Gasteiger partial charge in [-0.2, -0.15) is 5.26 Å². The predicted molar refractivity (Wildman–Crippen MR) is 80.9 cm³/mol. The molecule has 19 heavy (non-hydrogen) atoms. The summed E-state index contributed by atoms with van der Waals surface area (Å²) >= 11 is 13.5. The Morgan fingerprint density at radius 3 is 2.79 bits per heavy atom. The molecule has 0 bridgehead atoms. The van der Waals surface area contributed by atoms with Gasteiger partial charge in [0.05, 0.1) is 5.56 Å². The molecular weight excluding hydrogens is 299 g/mol. The van der Waals surface area contributed by atoms with Crippen LogP contribution in [0.4, 0.5) is 0 Å². The third kappa shape index (κ3) is 4.22. The van der Waals surface area contributed by atoms with Crippen LogP contribution in [-0.4, -0.2) is 6.54 Å². The molecule has 0 aliphatic rings. The number of hydrogen-bond donors (Lipinski definition) is 1. The van der Waals surface area contributed by atoms with E-state index in [1.807, 2.05) is 23.6 Å². The fourth-order valence-electron chi connectivity index (χ4n) is 1.69. The van der Waals surface area contributed by atoms with Crippen LogP contribution < -0.4 is 5.32 Å². The van der Waals surface area contributed by atoms with Gasteiger partial charge in [-0.15, -0.1) is 11.3 Å². The fourth-order valence-corrected chi connectivity index (χ4v) is 2.97. The maximum absolute atomic E-state index is 8.73. The molecule has 2 aromatic rings. The largest absolute Gasteiger partial charge is 0.312 e. The van der Waals surface area contributed by atoms with Crippen molar-refractivity contribution in [2.75, 3.05) is 6.54 Å². The Bertz CT molecular complexity index is 602. The molecule has 0 spiro atoms. The number of rotatable bonds is 5. The standard InChI is InChI=1S/C14H12Cl2N2S/c15-12-2-1-11(14(16)6-12)3-4-18-8-13-5-10(7-17)9-19-13/h1-2,5-6,9,18H,3-4,8H2. The lowest BCUT2D eigenvalue weighted by atomic mass is 10.1. The normalized spacial score (nSPS) is 10.4. The van der Waals surface area contributed by atoms with Crippen molar-refractivity contribution < 1.29 is 0 Å². The van der Waals surface area contributed by atoms with E-state index in [9.17, 15) is 0 Å². The first-order valence-electron chi connectivity index (χ1n) is 5.81. The minimum atomic E-state index is 0.657. The molecule has 0 saturated heterocycles. The van der Waals surface area contributed by atoms with Gasteiger partial charge in [-0.3, -0.25) is 0 Å². The van der Waals surface area contributed by atoms with Gasteiger partial charge in [-0.1, -0.05) is 29.3 Å². The summed E-state index contributed by atoms with van der Waals surface area (Å²) in [5.74, 6) is 0. The zero-order valence-electron chi connectivity index (χ0n) is 10.1. The average molecular weight is 311 g/mol. The summed E-state index contributed by atoms with van der Waals surface area (Å²) in [5.41, 5.74) is 1.81. The second-order valence-corrected chi connectivity index (χ2v) is 5.92. The summed E-state index contributed by atoms with van der Waals surface area (Å²) in [7, 11) is 0. The van der Waals surface area contributed by atoms with Gasteiger partial charge in [-0.25, -0.2) is 0 Å². The molecule has 0 aliphatic carbocycles. The van der Waals surface area contributed by atoms with Crippen molar-refractivity contribution in [1.29, 1.82) is 5.26 Å². The first kappa shape index (κ1) is 14.4. The van der Waals surface area contributed by atoms with Crippen molar-refractivity contribution in [3.8, 4) is 6.07 Å². The summed E-state index contributed by atoms with van der Waals surface area (Å²) < 4.78 is 0. The summed E-state index contributed by atoms with van der Waals surface area (Å²) in [6, 6.07) is 9.60. The SMILES string of the molecule is N#Cc1csc(CNCCc2ccc(Cl)cc2Cl)c1. The summed E-state index contributed by atoms with van der Waals surface area (Å²) in [6.07, 6.45) is 0.854. The van der Waals surface area contributed by atoms with E-state index in [-0.39, 0.29) is 0 Å². The van der Waals surface area contributed by atoms with Crippen LogP contribution in [0.25, 0.3) is 0 Å². The fraction of sp³-hybridized carbons (Fsp3) is 0.214. The van der Waals surface area contributed by atoms with Crippen LogP contribution in [0.3, 0.4) is 0 Å². The molecule has 0 unspecified atom stereocenters. The van der Waals surface area contributed by atoms with E-state index in [4.69, 9.17) is 28.5 Å². The molecule has 0 amide bonds. The van der Waals surface area contributed by atoms with Crippen LogP contribution >= 0.6 is 34.5 Å². The van der Waals surface area contributed by atoms with Crippen molar-refractivity contribution in [2.24, 2.45) is 0 Å². The van der Waals surface area contributed by atoms with Crippen LogP contribution in [0.1, 0.15) is 16.0 Å². The lowest BCUT2D eigenvalue weighted by Crippen LogP contribution is -2.16. The zero-order valence-corrected chi connectivity index (χ0v) is 12.4. The van der Waals surface area contributed by atoms with Crippen molar-refractivity contribution >= 4 is 34.5 Å². The van der Waals surface area contributed by atoms with Crippen molar-refractivity contribution in [1.82, 2.24) is 5.32 Å². The molecule has 98 valence electrons. The van der Waals surface area contributed by atoms with Gasteiger partial charge in [0.1, 0.15) is 6.07 Å². The second-order valence-electron chi connectivity index (χ2n) is 4.08. The molecule has 0 aliphatic heterocycles. The topological polar surface area (TPSA) is 35.8 Å². The first-order valence-corrected chi connectivity index (χ1v) is 7.45. The van der Waals surface area contributed by atoms with E-state index in [0.717, 1.165) is 30.6 Å². The number of nitrogens with one attached hydrogen (secondary N) is 1. The van der Waals surface area contributed by atoms with Crippen LogP contribution in [0.15, 0.2) is 29.6 Å². The molecular formula is C14H12Cl2N2S. The van der Waals surface area contributed by atoms with Crippen LogP contribution in [0.5, 0.6) is 0 Å². The zero-order chi connectivity index (χ0) is 13.7. The maximum atomic E-state index is 8.73. The summed E-state index contributed by atoms with van der Waals surface area (Å²) in [6.45, 7) is 1.61. The van der Waals surface area contributed by atoms with Gasteiger partial charge in [-0.05, 0) is 36.7 Å². The molecule has 0 saturated carbocycles. The quantitative estimate of drug-likeness (QED) is 0.838. The summed E-state index contributed by atoms with van der Waals surface area (Å²) in [4.78, 5) is 1.17. The van der Waals surface area contributed by atoms with Gasteiger partial charge >= 0.3 is 0 Å². The van der Waals surface area contributed by atoms with Gasteiger partial charge < -0.3 is 5.32 Å². The van der Waals surface area contributed by atoms with E-state index < -0.39 is 0 Å². The van der Waals surface area contributed by atoms with Gasteiger partial charge in [0.25, 0.3) is 0 Å².